The minimum atomic E-state index is -0.269. The fourth-order valence-corrected chi connectivity index (χ4v) is 2.74. The molecule has 26 heavy (non-hydrogen) atoms. The molecule has 132 valence electrons. The summed E-state index contributed by atoms with van der Waals surface area (Å²) in [5.41, 5.74) is 3.81. The Morgan fingerprint density at radius 3 is 2.38 bits per heavy atom. The summed E-state index contributed by atoms with van der Waals surface area (Å²) in [6.07, 6.45) is 2.92. The third-order valence-electron chi connectivity index (χ3n) is 3.73. The molecule has 1 aromatic heterocycles. The number of carbonyl (C=O) groups is 1. The van der Waals surface area contributed by atoms with Gasteiger partial charge >= 0.3 is 0 Å². The van der Waals surface area contributed by atoms with Crippen molar-refractivity contribution in [2.45, 2.75) is 13.8 Å². The van der Waals surface area contributed by atoms with E-state index in [0.29, 0.717) is 27.2 Å². The monoisotopic (exact) mass is 386 g/mol. The maximum atomic E-state index is 12.4. The summed E-state index contributed by atoms with van der Waals surface area (Å²) in [6.45, 7) is 3.91. The Kier molecular flexibility index (Phi) is 5.40. The van der Waals surface area contributed by atoms with Gasteiger partial charge < -0.3 is 10.6 Å². The number of anilines is 3. The highest BCUT2D eigenvalue weighted by Crippen LogP contribution is 2.27. The van der Waals surface area contributed by atoms with Crippen LogP contribution in [0.5, 0.6) is 0 Å². The summed E-state index contributed by atoms with van der Waals surface area (Å²) in [4.78, 5) is 20.7. The fourth-order valence-electron chi connectivity index (χ4n) is 2.29. The van der Waals surface area contributed by atoms with Crippen LogP contribution in [-0.2, 0) is 0 Å². The van der Waals surface area contributed by atoms with Crippen LogP contribution in [0.2, 0.25) is 10.0 Å². The van der Waals surface area contributed by atoms with Crippen LogP contribution in [0.1, 0.15) is 21.5 Å². The van der Waals surface area contributed by atoms with Gasteiger partial charge in [-0.1, -0.05) is 35.3 Å². The van der Waals surface area contributed by atoms with E-state index in [1.165, 1.54) is 12.4 Å². The Morgan fingerprint density at radius 2 is 1.69 bits per heavy atom. The molecule has 5 nitrogen and oxygen atoms in total. The lowest BCUT2D eigenvalue weighted by Crippen LogP contribution is -2.14. The van der Waals surface area contributed by atoms with Crippen molar-refractivity contribution in [3.63, 3.8) is 0 Å². The molecule has 0 saturated carbocycles. The number of aryl methyl sites for hydroxylation is 2. The second kappa shape index (κ2) is 7.72. The molecule has 3 aromatic rings. The molecule has 0 aliphatic rings. The Morgan fingerprint density at radius 1 is 0.962 bits per heavy atom. The molecule has 0 aliphatic heterocycles. The average molecular weight is 387 g/mol. The third-order valence-corrected chi connectivity index (χ3v) is 4.28. The number of hydrogen-bond acceptors (Lipinski definition) is 4. The summed E-state index contributed by atoms with van der Waals surface area (Å²) >= 11 is 12.0. The molecule has 0 saturated heterocycles. The van der Waals surface area contributed by atoms with Crippen molar-refractivity contribution in [3.8, 4) is 0 Å². The molecular formula is C19H16Cl2N4O. The molecule has 0 aliphatic carbocycles. The van der Waals surface area contributed by atoms with Gasteiger partial charge in [0.05, 0.1) is 16.3 Å². The van der Waals surface area contributed by atoms with Crippen molar-refractivity contribution in [1.82, 2.24) is 9.97 Å². The number of aromatic nitrogens is 2. The summed E-state index contributed by atoms with van der Waals surface area (Å²) < 4.78 is 0. The van der Waals surface area contributed by atoms with Gasteiger partial charge in [-0.15, -0.1) is 0 Å². The number of amides is 1. The van der Waals surface area contributed by atoms with Crippen LogP contribution in [-0.4, -0.2) is 15.9 Å². The fraction of sp³-hybridized carbons (Fsp3) is 0.105. The van der Waals surface area contributed by atoms with Crippen LogP contribution in [0.3, 0.4) is 0 Å². The van der Waals surface area contributed by atoms with E-state index in [2.05, 4.69) is 20.6 Å². The van der Waals surface area contributed by atoms with E-state index in [1.807, 2.05) is 32.0 Å². The molecule has 2 N–H and O–H groups in total. The second-order valence-electron chi connectivity index (χ2n) is 5.82. The van der Waals surface area contributed by atoms with E-state index in [-0.39, 0.29) is 5.91 Å². The van der Waals surface area contributed by atoms with Crippen LogP contribution in [0.25, 0.3) is 0 Å². The van der Waals surface area contributed by atoms with Gasteiger partial charge in [0.15, 0.2) is 0 Å². The van der Waals surface area contributed by atoms with Gasteiger partial charge in [-0.25, -0.2) is 9.97 Å². The predicted molar refractivity (Wildman–Crippen MR) is 106 cm³/mol. The van der Waals surface area contributed by atoms with Crippen LogP contribution in [0.4, 0.5) is 17.3 Å². The molecule has 0 bridgehead atoms. The molecule has 1 amide bonds. The maximum Gasteiger partial charge on any atom is 0.258 e. The highest BCUT2D eigenvalue weighted by atomic mass is 35.5. The molecule has 0 radical (unpaired) electrons. The largest absolute Gasteiger partial charge is 0.323 e. The molecule has 1 heterocycles. The zero-order chi connectivity index (χ0) is 18.7. The zero-order valence-electron chi connectivity index (χ0n) is 14.2. The first-order chi connectivity index (χ1) is 12.4. The Balaban J connectivity index is 1.72. The zero-order valence-corrected chi connectivity index (χ0v) is 15.7. The first kappa shape index (κ1) is 18.2. The minimum absolute atomic E-state index is 0.269. The minimum Gasteiger partial charge on any atom is -0.323 e. The van der Waals surface area contributed by atoms with Crippen molar-refractivity contribution in [2.75, 3.05) is 10.6 Å². The Hall–Kier alpha value is -2.63. The van der Waals surface area contributed by atoms with Gasteiger partial charge in [0.2, 0.25) is 5.95 Å². The van der Waals surface area contributed by atoms with E-state index >= 15 is 0 Å². The van der Waals surface area contributed by atoms with E-state index in [9.17, 15) is 4.79 Å². The molecule has 0 spiro atoms. The summed E-state index contributed by atoms with van der Waals surface area (Å²) in [7, 11) is 0. The van der Waals surface area contributed by atoms with Crippen LogP contribution >= 0.6 is 23.2 Å². The summed E-state index contributed by atoms with van der Waals surface area (Å²) in [5, 5.41) is 6.86. The quantitative estimate of drug-likeness (QED) is 0.629. The van der Waals surface area contributed by atoms with Crippen molar-refractivity contribution in [1.29, 1.82) is 0 Å². The van der Waals surface area contributed by atoms with E-state index in [0.717, 1.165) is 16.8 Å². The van der Waals surface area contributed by atoms with Gasteiger partial charge in [0.1, 0.15) is 0 Å². The summed E-state index contributed by atoms with van der Waals surface area (Å²) in [5.74, 6) is 0.0623. The lowest BCUT2D eigenvalue weighted by atomic mass is 10.1. The third kappa shape index (κ3) is 4.31. The van der Waals surface area contributed by atoms with Crippen LogP contribution < -0.4 is 10.6 Å². The number of rotatable bonds is 4. The molecule has 0 atom stereocenters. The standard InChI is InChI=1S/C19H16Cl2N4O/c1-11-3-4-12(2)17(7-11)24-18(26)13-9-22-19(23-10-13)25-16-6-5-14(20)8-15(16)21/h3-10H,1-2H3,(H,24,26)(H,22,23,25). The summed E-state index contributed by atoms with van der Waals surface area (Å²) in [6, 6.07) is 10.9. The molecular weight excluding hydrogens is 371 g/mol. The van der Waals surface area contributed by atoms with Crippen molar-refractivity contribution >= 4 is 46.4 Å². The van der Waals surface area contributed by atoms with Gasteiger partial charge in [0, 0.05) is 23.1 Å². The number of nitrogens with zero attached hydrogens (tertiary/aromatic N) is 2. The normalized spacial score (nSPS) is 10.5. The van der Waals surface area contributed by atoms with Crippen molar-refractivity contribution in [2.24, 2.45) is 0 Å². The topological polar surface area (TPSA) is 66.9 Å². The smallest absolute Gasteiger partial charge is 0.258 e. The first-order valence-electron chi connectivity index (χ1n) is 7.85. The Labute approximate surface area is 161 Å². The molecule has 3 rings (SSSR count). The number of carbonyl (C=O) groups excluding carboxylic acids is 1. The molecule has 0 fully saturated rings. The van der Waals surface area contributed by atoms with Gasteiger partial charge in [-0.05, 0) is 49.2 Å². The molecule has 2 aromatic carbocycles. The Bertz CT molecular complexity index is 958. The number of halogens is 2. The van der Waals surface area contributed by atoms with Gasteiger partial charge in [0.25, 0.3) is 5.91 Å². The predicted octanol–water partition coefficient (Wildman–Crippen LogP) is 5.40. The SMILES string of the molecule is Cc1ccc(C)c(NC(=O)c2cnc(Nc3ccc(Cl)cc3Cl)nc2)c1. The van der Waals surface area contributed by atoms with Gasteiger partial charge in [-0.2, -0.15) is 0 Å². The van der Waals surface area contributed by atoms with E-state index in [1.54, 1.807) is 18.2 Å². The average Bonchev–Trinajstić information content (AvgIpc) is 2.61. The first-order valence-corrected chi connectivity index (χ1v) is 8.61. The van der Waals surface area contributed by atoms with Crippen LogP contribution in [0, 0.1) is 13.8 Å². The maximum absolute atomic E-state index is 12.4. The van der Waals surface area contributed by atoms with Crippen molar-refractivity contribution in [3.05, 3.63) is 75.5 Å². The lowest BCUT2D eigenvalue weighted by Gasteiger charge is -2.10. The highest BCUT2D eigenvalue weighted by Gasteiger charge is 2.10. The second-order valence-corrected chi connectivity index (χ2v) is 6.66. The number of hydrogen-bond donors (Lipinski definition) is 2. The molecule has 0 unspecified atom stereocenters. The van der Waals surface area contributed by atoms with Crippen LogP contribution in [0.15, 0.2) is 48.8 Å². The highest BCUT2D eigenvalue weighted by molar-refractivity contribution is 6.36. The van der Waals surface area contributed by atoms with Gasteiger partial charge in [-0.3, -0.25) is 4.79 Å². The van der Waals surface area contributed by atoms with E-state index < -0.39 is 0 Å². The lowest BCUT2D eigenvalue weighted by molar-refractivity contribution is 0.102. The number of benzene rings is 2. The van der Waals surface area contributed by atoms with E-state index in [4.69, 9.17) is 23.2 Å². The number of nitrogens with one attached hydrogen (secondary N) is 2. The molecule has 7 heteroatoms. The van der Waals surface area contributed by atoms with Crippen molar-refractivity contribution < 1.29 is 4.79 Å².